The van der Waals surface area contributed by atoms with E-state index in [4.69, 9.17) is 4.74 Å². The molecule has 152 valence electrons. The fourth-order valence-electron chi connectivity index (χ4n) is 3.20. The molecule has 28 heavy (non-hydrogen) atoms. The second-order valence-electron chi connectivity index (χ2n) is 6.51. The van der Waals surface area contributed by atoms with Crippen molar-refractivity contribution in [3.05, 3.63) is 33.4 Å². The van der Waals surface area contributed by atoms with Gasteiger partial charge in [-0.05, 0) is 20.3 Å². The molecule has 1 amide bonds. The molecule has 1 aliphatic heterocycles. The lowest BCUT2D eigenvalue weighted by atomic mass is 10.2. The summed E-state index contributed by atoms with van der Waals surface area (Å²) >= 11 is 0. The third kappa shape index (κ3) is 3.14. The van der Waals surface area contributed by atoms with Gasteiger partial charge in [0, 0.05) is 12.1 Å². The Hall–Kier alpha value is -2.85. The zero-order valence-corrected chi connectivity index (χ0v) is 15.5. The number of carbonyl (C=O) groups is 2. The van der Waals surface area contributed by atoms with E-state index >= 15 is 0 Å². The first-order valence-corrected chi connectivity index (χ1v) is 8.79. The van der Waals surface area contributed by atoms with Crippen LogP contribution in [0, 0.1) is 0 Å². The number of rotatable bonds is 5. The van der Waals surface area contributed by atoms with Crippen LogP contribution in [0.5, 0.6) is 0 Å². The Morgan fingerprint density at radius 2 is 2.00 bits per heavy atom. The van der Waals surface area contributed by atoms with Gasteiger partial charge < -0.3 is 14.2 Å². The highest BCUT2D eigenvalue weighted by Gasteiger charge is 2.39. The number of aromatic nitrogens is 3. The number of fused-ring (bicyclic) bond motifs is 2. The highest BCUT2D eigenvalue weighted by atomic mass is 19.4. The van der Waals surface area contributed by atoms with E-state index in [1.807, 2.05) is 6.92 Å². The van der Waals surface area contributed by atoms with Crippen molar-refractivity contribution in [1.29, 1.82) is 0 Å². The summed E-state index contributed by atoms with van der Waals surface area (Å²) in [5.74, 6) is -1.25. The van der Waals surface area contributed by atoms with Crippen molar-refractivity contribution in [1.82, 2.24) is 19.1 Å². The monoisotopic (exact) mass is 400 g/mol. The number of hydrogen-bond donors (Lipinski definition) is 0. The molecule has 0 unspecified atom stereocenters. The van der Waals surface area contributed by atoms with Crippen LogP contribution in [0.15, 0.2) is 10.9 Å². The number of carbonyl (C=O) groups excluding carboxylic acids is 2. The van der Waals surface area contributed by atoms with Crippen LogP contribution >= 0.6 is 0 Å². The van der Waals surface area contributed by atoms with E-state index in [2.05, 4.69) is 5.10 Å². The van der Waals surface area contributed by atoms with Gasteiger partial charge in [-0.1, -0.05) is 6.92 Å². The number of alkyl halides is 3. The van der Waals surface area contributed by atoms with Gasteiger partial charge in [-0.2, -0.15) is 22.8 Å². The molecular formula is C17H19F3N4O4. The van der Waals surface area contributed by atoms with Gasteiger partial charge in [0.15, 0.2) is 5.69 Å². The van der Waals surface area contributed by atoms with Crippen LogP contribution < -0.4 is 5.56 Å². The predicted molar refractivity (Wildman–Crippen MR) is 90.7 cm³/mol. The average Bonchev–Trinajstić information content (AvgIpc) is 3.21. The van der Waals surface area contributed by atoms with Crippen LogP contribution in [0.2, 0.25) is 0 Å². The van der Waals surface area contributed by atoms with Crippen molar-refractivity contribution in [2.75, 3.05) is 6.61 Å². The van der Waals surface area contributed by atoms with Crippen LogP contribution in [0.1, 0.15) is 48.9 Å². The predicted octanol–water partition coefficient (Wildman–Crippen LogP) is 1.83. The number of amides is 1. The van der Waals surface area contributed by atoms with Gasteiger partial charge in [-0.25, -0.2) is 0 Å². The number of esters is 1. The molecule has 3 rings (SSSR count). The summed E-state index contributed by atoms with van der Waals surface area (Å²) in [6, 6.07) is 0.466. The molecule has 11 heteroatoms. The van der Waals surface area contributed by atoms with Crippen LogP contribution in [-0.4, -0.2) is 43.6 Å². The highest BCUT2D eigenvalue weighted by molar-refractivity contribution is 5.97. The van der Waals surface area contributed by atoms with Gasteiger partial charge in [0.1, 0.15) is 17.9 Å². The van der Waals surface area contributed by atoms with Gasteiger partial charge in [-0.3, -0.25) is 14.4 Å². The van der Waals surface area contributed by atoms with Gasteiger partial charge in [0.2, 0.25) is 0 Å². The summed E-state index contributed by atoms with van der Waals surface area (Å²) in [7, 11) is 0. The van der Waals surface area contributed by atoms with Gasteiger partial charge in [0.05, 0.1) is 18.7 Å². The molecular weight excluding hydrogens is 381 g/mol. The summed E-state index contributed by atoms with van der Waals surface area (Å²) in [4.78, 5) is 39.2. The molecule has 2 aromatic heterocycles. The molecule has 0 saturated carbocycles. The van der Waals surface area contributed by atoms with E-state index in [1.54, 1.807) is 13.8 Å². The topological polar surface area (TPSA) is 85.9 Å². The molecule has 1 aliphatic rings. The molecule has 0 aliphatic carbocycles. The molecule has 3 heterocycles. The smallest absolute Gasteiger partial charge is 0.435 e. The van der Waals surface area contributed by atoms with E-state index in [9.17, 15) is 27.6 Å². The van der Waals surface area contributed by atoms with Crippen LogP contribution in [-0.2, 0) is 28.8 Å². The van der Waals surface area contributed by atoms with Gasteiger partial charge >= 0.3 is 12.1 Å². The van der Waals surface area contributed by atoms with E-state index in [0.29, 0.717) is 17.0 Å². The zero-order chi connectivity index (χ0) is 20.8. The summed E-state index contributed by atoms with van der Waals surface area (Å²) in [6.45, 7) is 4.76. The number of ether oxygens (including phenoxy) is 1. The molecule has 8 nitrogen and oxygen atoms in total. The van der Waals surface area contributed by atoms with Crippen LogP contribution in [0.4, 0.5) is 13.2 Å². The lowest BCUT2D eigenvalue weighted by Crippen LogP contribution is -2.33. The van der Waals surface area contributed by atoms with E-state index < -0.39 is 35.9 Å². The lowest BCUT2D eigenvalue weighted by Gasteiger charge is -2.22. The Kier molecular flexibility index (Phi) is 4.94. The first kappa shape index (κ1) is 19.9. The lowest BCUT2D eigenvalue weighted by molar-refractivity contribution is -0.144. The first-order valence-electron chi connectivity index (χ1n) is 8.79. The molecule has 0 spiro atoms. The molecule has 1 atom stereocenters. The second-order valence-corrected chi connectivity index (χ2v) is 6.51. The van der Waals surface area contributed by atoms with Gasteiger partial charge in [0.25, 0.3) is 11.5 Å². The van der Waals surface area contributed by atoms with Crippen molar-refractivity contribution in [3.8, 4) is 0 Å². The van der Waals surface area contributed by atoms with Crippen molar-refractivity contribution in [3.63, 3.8) is 0 Å². The molecule has 0 N–H and O–H groups in total. The normalized spacial score (nSPS) is 15.2. The Balaban J connectivity index is 2.27. The third-order valence-corrected chi connectivity index (χ3v) is 4.77. The molecule has 2 aromatic rings. The molecule has 0 radical (unpaired) electrons. The average molecular weight is 400 g/mol. The summed E-state index contributed by atoms with van der Waals surface area (Å²) in [6.07, 6.45) is -4.15. The summed E-state index contributed by atoms with van der Waals surface area (Å²) in [5, 5.41) is 3.37. The molecule has 0 aromatic carbocycles. The maximum absolute atomic E-state index is 13.1. The Bertz CT molecular complexity index is 1010. The minimum Gasteiger partial charge on any atom is -0.465 e. The minimum absolute atomic E-state index is 0.0129. The van der Waals surface area contributed by atoms with Crippen molar-refractivity contribution in [2.24, 2.45) is 0 Å². The standard InChI is InChI=1S/C17H19F3N4O4/c1-4-9(3)22-7-10-14(16(22)27)23(8-13(25)28-5-2)12-6-11(17(18,19)20)21-24(12)15(10)26/h6,9H,4-5,7-8H2,1-3H3/t9-/m1/s1. The maximum atomic E-state index is 13.1. The fourth-order valence-corrected chi connectivity index (χ4v) is 3.20. The Labute approximate surface area is 157 Å². The van der Waals surface area contributed by atoms with Gasteiger partial charge in [-0.15, -0.1) is 0 Å². The number of nitrogens with zero attached hydrogens (tertiary/aromatic N) is 4. The first-order chi connectivity index (χ1) is 13.1. The van der Waals surface area contributed by atoms with Crippen LogP contribution in [0.3, 0.4) is 0 Å². The third-order valence-electron chi connectivity index (χ3n) is 4.77. The van der Waals surface area contributed by atoms with Crippen molar-refractivity contribution in [2.45, 2.75) is 52.5 Å². The van der Waals surface area contributed by atoms with Crippen molar-refractivity contribution >= 4 is 17.5 Å². The quantitative estimate of drug-likeness (QED) is 0.715. The summed E-state index contributed by atoms with van der Waals surface area (Å²) in [5.41, 5.74) is -2.46. The summed E-state index contributed by atoms with van der Waals surface area (Å²) < 4.78 is 45.9. The largest absolute Gasteiger partial charge is 0.465 e. The molecule has 0 fully saturated rings. The Morgan fingerprint density at radius 1 is 1.32 bits per heavy atom. The Morgan fingerprint density at radius 3 is 2.57 bits per heavy atom. The maximum Gasteiger partial charge on any atom is 0.435 e. The van der Waals surface area contributed by atoms with E-state index in [1.165, 1.54) is 4.90 Å². The fraction of sp³-hybridized carbons (Fsp3) is 0.529. The van der Waals surface area contributed by atoms with E-state index in [-0.39, 0.29) is 36.1 Å². The van der Waals surface area contributed by atoms with Crippen LogP contribution in [0.25, 0.3) is 5.65 Å². The highest BCUT2D eigenvalue weighted by Crippen LogP contribution is 2.30. The number of hydrogen-bond acceptors (Lipinski definition) is 5. The molecule has 0 saturated heterocycles. The molecule has 0 bridgehead atoms. The number of halogens is 3. The second kappa shape index (κ2) is 6.95. The zero-order valence-electron chi connectivity index (χ0n) is 15.5. The van der Waals surface area contributed by atoms with Crippen molar-refractivity contribution < 1.29 is 27.5 Å². The SMILES string of the molecule is CCOC(=O)Cn1c2c(c(=O)n3nc(C(F)(F)F)cc13)CN([C@H](C)CC)C2=O. The van der Waals surface area contributed by atoms with E-state index in [0.717, 1.165) is 4.57 Å². The minimum atomic E-state index is -4.78.